The molecule has 1 aliphatic carbocycles. The van der Waals surface area contributed by atoms with Gasteiger partial charge >= 0.3 is 6.09 Å². The lowest BCUT2D eigenvalue weighted by Gasteiger charge is -2.19. The largest absolute Gasteiger partial charge is 0.491 e. The third kappa shape index (κ3) is 20.0. The van der Waals surface area contributed by atoms with Gasteiger partial charge in [0.25, 0.3) is 0 Å². The van der Waals surface area contributed by atoms with Gasteiger partial charge in [0.05, 0.1) is 132 Å². The van der Waals surface area contributed by atoms with E-state index in [9.17, 15) is 9.59 Å². The summed E-state index contributed by atoms with van der Waals surface area (Å²) in [5, 5.41) is 0. The van der Waals surface area contributed by atoms with Gasteiger partial charge in [-0.25, -0.2) is 4.79 Å². The highest BCUT2D eigenvalue weighted by Gasteiger charge is 2.29. The highest BCUT2D eigenvalue weighted by atomic mass is 16.6. The molecule has 0 heterocycles. The first-order valence-electron chi connectivity index (χ1n) is 20.7. The van der Waals surface area contributed by atoms with Gasteiger partial charge in [-0.3, -0.25) is 4.79 Å². The molecule has 0 spiro atoms. The molecular weight excluding hydrogens is 778 g/mol. The van der Waals surface area contributed by atoms with Crippen molar-refractivity contribution in [2.75, 3.05) is 159 Å². The lowest BCUT2D eigenvalue weighted by atomic mass is 9.98. The molecule has 3 aromatic carbocycles. The van der Waals surface area contributed by atoms with Gasteiger partial charge in [-0.15, -0.1) is 0 Å². The van der Waals surface area contributed by atoms with Crippen LogP contribution in [-0.2, 0) is 52.1 Å². The number of carbonyl (C=O) groups excluding carboxylic acids is 2. The van der Waals surface area contributed by atoms with Crippen LogP contribution in [0.3, 0.4) is 0 Å². The van der Waals surface area contributed by atoms with Crippen molar-refractivity contribution in [2.45, 2.75) is 5.92 Å². The van der Waals surface area contributed by atoms with Gasteiger partial charge in [0, 0.05) is 25.1 Å². The Kier molecular flexibility index (Phi) is 25.8. The molecule has 332 valence electrons. The topological polar surface area (TPSA) is 148 Å². The van der Waals surface area contributed by atoms with Gasteiger partial charge in [0.1, 0.15) is 25.2 Å². The maximum absolute atomic E-state index is 12.6. The lowest BCUT2D eigenvalue weighted by molar-refractivity contribution is -0.0268. The van der Waals surface area contributed by atoms with Gasteiger partial charge in [0.15, 0.2) is 0 Å². The summed E-state index contributed by atoms with van der Waals surface area (Å²) in [7, 11) is 1.71. The van der Waals surface area contributed by atoms with Crippen molar-refractivity contribution in [2.24, 2.45) is 0 Å². The van der Waals surface area contributed by atoms with Gasteiger partial charge < -0.3 is 61.7 Å². The number of carbonyl (C=O) groups is 2. The summed E-state index contributed by atoms with van der Waals surface area (Å²) in [5.74, 6) is 0.733. The van der Waals surface area contributed by atoms with Gasteiger partial charge in [-0.1, -0.05) is 48.5 Å². The zero-order valence-corrected chi connectivity index (χ0v) is 35.0. The number of benzene rings is 3. The van der Waals surface area contributed by atoms with Gasteiger partial charge in [-0.05, 0) is 46.5 Å². The van der Waals surface area contributed by atoms with Crippen molar-refractivity contribution in [1.29, 1.82) is 0 Å². The second kappa shape index (κ2) is 31.8. The van der Waals surface area contributed by atoms with Crippen LogP contribution >= 0.6 is 0 Å². The normalized spacial score (nSPS) is 12.0. The highest BCUT2D eigenvalue weighted by molar-refractivity contribution is 5.79. The number of fused-ring (bicyclic) bond motifs is 3. The van der Waals surface area contributed by atoms with Crippen LogP contribution in [0.2, 0.25) is 0 Å². The van der Waals surface area contributed by atoms with Crippen LogP contribution in [0.5, 0.6) is 5.75 Å². The van der Waals surface area contributed by atoms with Crippen LogP contribution in [0.4, 0.5) is 4.79 Å². The first kappa shape index (κ1) is 48.7. The average Bonchev–Trinajstić information content (AvgIpc) is 3.60. The summed E-state index contributed by atoms with van der Waals surface area (Å²) in [5.41, 5.74) is 5.40. The Bertz CT molecular complexity index is 1520. The van der Waals surface area contributed by atoms with E-state index in [0.29, 0.717) is 163 Å². The predicted molar refractivity (Wildman–Crippen MR) is 223 cm³/mol. The molecule has 1 aliphatic rings. The van der Waals surface area contributed by atoms with Crippen LogP contribution < -0.4 is 4.74 Å². The van der Waals surface area contributed by atoms with Crippen LogP contribution in [-0.4, -0.2) is 176 Å². The molecule has 0 unspecified atom stereocenters. The monoisotopic (exact) mass is 841 g/mol. The zero-order valence-electron chi connectivity index (χ0n) is 35.0. The highest BCUT2D eigenvalue weighted by Crippen LogP contribution is 2.44. The number of ether oxygens (including phenoxy) is 12. The molecule has 0 N–H and O–H groups in total. The number of rotatable bonds is 37. The van der Waals surface area contributed by atoms with E-state index in [1.165, 1.54) is 27.2 Å². The van der Waals surface area contributed by atoms with E-state index in [4.69, 9.17) is 56.8 Å². The third-order valence-corrected chi connectivity index (χ3v) is 9.08. The average molecular weight is 842 g/mol. The van der Waals surface area contributed by atoms with E-state index < -0.39 is 0 Å². The lowest BCUT2D eigenvalue weighted by Crippen LogP contribution is -2.32. The summed E-state index contributed by atoms with van der Waals surface area (Å²) < 4.78 is 66.4. The van der Waals surface area contributed by atoms with E-state index in [2.05, 4.69) is 24.3 Å². The van der Waals surface area contributed by atoms with Gasteiger partial charge in [-0.2, -0.15) is 0 Å². The molecule has 0 atom stereocenters. The Morgan fingerprint density at radius 1 is 0.483 bits per heavy atom. The molecule has 0 radical (unpaired) electrons. The fourth-order valence-electron chi connectivity index (χ4n) is 5.94. The minimum Gasteiger partial charge on any atom is -0.491 e. The summed E-state index contributed by atoms with van der Waals surface area (Å²) in [6.45, 7) is 10.5. The predicted octanol–water partition coefficient (Wildman–Crippen LogP) is 4.92. The molecule has 3 aromatic rings. The first-order valence-corrected chi connectivity index (χ1v) is 20.7. The molecule has 4 rings (SSSR count). The molecule has 15 heteroatoms. The molecule has 0 aliphatic heterocycles. The molecule has 0 saturated carbocycles. The Labute approximate surface area is 354 Å². The van der Waals surface area contributed by atoms with Crippen molar-refractivity contribution >= 4 is 12.4 Å². The summed E-state index contributed by atoms with van der Waals surface area (Å²) in [6.07, 6.45) is 0.428. The second-order valence-electron chi connectivity index (χ2n) is 13.4. The molecular formula is C45H63NO14. The van der Waals surface area contributed by atoms with Gasteiger partial charge in [0.2, 0.25) is 0 Å². The van der Waals surface area contributed by atoms with Crippen molar-refractivity contribution in [3.05, 3.63) is 89.5 Å². The number of nitrogens with zero attached hydrogens (tertiary/aromatic N) is 1. The van der Waals surface area contributed by atoms with Crippen LogP contribution in [0.1, 0.15) is 27.4 Å². The number of hydrogen-bond acceptors (Lipinski definition) is 14. The van der Waals surface area contributed by atoms with E-state index in [1.54, 1.807) is 31.3 Å². The number of hydrogen-bond donors (Lipinski definition) is 0. The van der Waals surface area contributed by atoms with Crippen molar-refractivity contribution in [3.63, 3.8) is 0 Å². The Hall–Kier alpha value is -4.00. The standard InChI is InChI=1S/C45H63NO14/c1-46(45(48)60-37-44-42-8-4-2-6-40(42)41-7-3-5-9-43(41)44)14-15-49-16-17-50-18-19-51-20-21-52-22-23-53-24-25-54-26-27-55-28-29-56-30-31-57-32-33-58-34-35-59-39-12-10-38(36-47)11-13-39/h2-13,36,44H,14-35,37H2,1H3. The fourth-order valence-corrected chi connectivity index (χ4v) is 5.94. The quantitative estimate of drug-likeness (QED) is 0.0571. The molecule has 0 bridgehead atoms. The second-order valence-corrected chi connectivity index (χ2v) is 13.4. The summed E-state index contributed by atoms with van der Waals surface area (Å²) in [4.78, 5) is 24.8. The van der Waals surface area contributed by atoms with Crippen LogP contribution in [0.25, 0.3) is 11.1 Å². The third-order valence-electron chi connectivity index (χ3n) is 9.08. The maximum Gasteiger partial charge on any atom is 0.409 e. The van der Waals surface area contributed by atoms with Crippen molar-refractivity contribution in [3.8, 4) is 16.9 Å². The fraction of sp³-hybridized carbons (Fsp3) is 0.556. The van der Waals surface area contributed by atoms with E-state index in [1.807, 2.05) is 24.3 Å². The molecule has 60 heavy (non-hydrogen) atoms. The number of aldehydes is 1. The molecule has 0 aromatic heterocycles. The maximum atomic E-state index is 12.6. The summed E-state index contributed by atoms with van der Waals surface area (Å²) >= 11 is 0. The minimum absolute atomic E-state index is 0.0341. The zero-order chi connectivity index (χ0) is 42.1. The molecule has 15 nitrogen and oxygen atoms in total. The van der Waals surface area contributed by atoms with Crippen molar-refractivity contribution < 1.29 is 66.4 Å². The minimum atomic E-state index is -0.368. The molecule has 0 fully saturated rings. The number of amides is 1. The van der Waals surface area contributed by atoms with Crippen LogP contribution in [0.15, 0.2) is 72.8 Å². The van der Waals surface area contributed by atoms with E-state index >= 15 is 0 Å². The Balaban J connectivity index is 0.789. The SMILES string of the molecule is CN(CCOCCOCCOCCOCCOCCOCCOCCOCCOCCOCCOc1ccc(C=O)cc1)C(=O)OCC1c2ccccc2-c2ccccc21. The molecule has 0 saturated heterocycles. The molecule has 1 amide bonds. The van der Waals surface area contributed by atoms with E-state index in [0.717, 1.165) is 6.29 Å². The van der Waals surface area contributed by atoms with E-state index in [-0.39, 0.29) is 12.0 Å². The Morgan fingerprint density at radius 2 is 0.833 bits per heavy atom. The van der Waals surface area contributed by atoms with Crippen molar-refractivity contribution in [1.82, 2.24) is 4.90 Å². The van der Waals surface area contributed by atoms with Crippen LogP contribution in [0, 0.1) is 0 Å². The number of likely N-dealkylation sites (N-methyl/N-ethyl adjacent to an activating group) is 1. The first-order chi connectivity index (χ1) is 29.7. The smallest absolute Gasteiger partial charge is 0.409 e. The summed E-state index contributed by atoms with van der Waals surface area (Å²) in [6, 6.07) is 23.5. The Morgan fingerprint density at radius 3 is 1.22 bits per heavy atom.